The Bertz CT molecular complexity index is 413. The van der Waals surface area contributed by atoms with Crippen molar-refractivity contribution < 1.29 is 39.1 Å². The number of nitrogens with zero attached hydrogens (tertiary/aromatic N) is 1. The Morgan fingerprint density at radius 1 is 1.07 bits per heavy atom. The quantitative estimate of drug-likeness (QED) is 0.359. The number of benzene rings is 1. The van der Waals surface area contributed by atoms with Gasteiger partial charge in [-0.3, -0.25) is 0 Å². The van der Waals surface area contributed by atoms with Gasteiger partial charge in [0.05, 0.1) is 11.6 Å². The molecule has 0 radical (unpaired) electrons. The molecule has 2 rings (SSSR count). The average molecular weight is 193 g/mol. The largest absolute Gasteiger partial charge is 1.00 e. The Balaban J connectivity index is 0.000000980. The van der Waals surface area contributed by atoms with Crippen LogP contribution < -0.4 is 29.6 Å². The van der Waals surface area contributed by atoms with Crippen molar-refractivity contribution in [2.24, 2.45) is 0 Å². The van der Waals surface area contributed by atoms with Crippen LogP contribution in [0.1, 0.15) is 20.7 Å². The summed E-state index contributed by atoms with van der Waals surface area (Å²) in [7, 11) is 0. The summed E-state index contributed by atoms with van der Waals surface area (Å²) in [6.07, 6.45) is 0. The zero-order chi connectivity index (χ0) is 9.42. The van der Waals surface area contributed by atoms with E-state index in [2.05, 4.69) is 0 Å². The molecule has 0 unspecified atom stereocenters. The Morgan fingerprint density at radius 2 is 1.50 bits per heavy atom. The second-order valence-electron chi connectivity index (χ2n) is 2.69. The Kier molecular flexibility index (Phi) is 3.12. The third-order valence-corrected chi connectivity index (χ3v) is 1.98. The zero-order valence-electron chi connectivity index (χ0n) is 7.57. The average Bonchev–Trinajstić information content (AvgIpc) is 2.41. The van der Waals surface area contributed by atoms with Crippen LogP contribution in [-0.2, 0) is 0 Å². The van der Waals surface area contributed by atoms with Crippen molar-refractivity contribution in [2.75, 3.05) is 0 Å². The normalized spacial score (nSPS) is 13.2. The third-order valence-electron chi connectivity index (χ3n) is 1.98. The van der Waals surface area contributed by atoms with E-state index < -0.39 is 11.6 Å². The topological polar surface area (TPSA) is 57.9 Å². The molecular weight excluding hydrogens is 189 g/mol. The van der Waals surface area contributed by atoms with Crippen LogP contribution in [0, 0.1) is 17.2 Å². The van der Waals surface area contributed by atoms with Crippen LogP contribution in [-0.4, -0.2) is 11.6 Å². The molecule has 4 heteroatoms. The summed E-state index contributed by atoms with van der Waals surface area (Å²) in [6.45, 7) is 0. The van der Waals surface area contributed by atoms with Gasteiger partial charge in [0.2, 0.25) is 0 Å². The van der Waals surface area contributed by atoms with Gasteiger partial charge in [0.1, 0.15) is 0 Å². The molecule has 0 amide bonds. The number of nitriles is 1. The molecule has 62 valence electrons. The van der Waals surface area contributed by atoms with Crippen LogP contribution in [0.2, 0.25) is 0 Å². The van der Waals surface area contributed by atoms with Gasteiger partial charge in [0.25, 0.3) is 0 Å². The molecule has 3 nitrogen and oxygen atoms in total. The molecule has 0 atom stereocenters. The molecule has 0 heterocycles. The van der Waals surface area contributed by atoms with Crippen LogP contribution in [0.15, 0.2) is 24.3 Å². The molecule has 0 bridgehead atoms. The minimum atomic E-state index is -0.455. The molecule has 14 heavy (non-hydrogen) atoms. The summed E-state index contributed by atoms with van der Waals surface area (Å²) in [6, 6.07) is 8.08. The van der Waals surface area contributed by atoms with Gasteiger partial charge in [-0.1, -0.05) is 12.1 Å². The van der Waals surface area contributed by atoms with Crippen LogP contribution in [0.3, 0.4) is 0 Å². The van der Waals surface area contributed by atoms with Gasteiger partial charge in [-0.15, -0.1) is 23.3 Å². The fraction of sp³-hybridized carbons (Fsp3) is 0. The molecule has 0 saturated carbocycles. The molecule has 0 saturated heterocycles. The molecule has 0 aromatic heterocycles. The van der Waals surface area contributed by atoms with E-state index in [1.807, 2.05) is 0 Å². The van der Waals surface area contributed by atoms with E-state index >= 15 is 0 Å². The molecule has 1 aliphatic rings. The van der Waals surface area contributed by atoms with Crippen molar-refractivity contribution in [2.45, 2.75) is 0 Å². The number of fused-ring (bicyclic) bond motifs is 1. The molecule has 0 fully saturated rings. The van der Waals surface area contributed by atoms with E-state index in [-0.39, 0.29) is 35.5 Å². The standard InChI is InChI=1S/C10H4NO2.Na/c11-5-8-9(12)6-3-1-2-4-7(6)10(8)13;/h1-4H;/q-1;+1. The second-order valence-corrected chi connectivity index (χ2v) is 2.69. The summed E-state index contributed by atoms with van der Waals surface area (Å²) in [5.74, 6) is -1.19. The van der Waals surface area contributed by atoms with Gasteiger partial charge in [-0.05, 0) is 0 Å². The number of carbonyl (C=O) groups is 2. The van der Waals surface area contributed by atoms with Crippen molar-refractivity contribution in [1.82, 2.24) is 0 Å². The monoisotopic (exact) mass is 193 g/mol. The van der Waals surface area contributed by atoms with Gasteiger partial charge >= 0.3 is 29.6 Å². The van der Waals surface area contributed by atoms with E-state index in [0.717, 1.165) is 0 Å². The summed E-state index contributed by atoms with van der Waals surface area (Å²) >= 11 is 0. The van der Waals surface area contributed by atoms with Crippen LogP contribution >= 0.6 is 0 Å². The minimum Gasteiger partial charge on any atom is -0.318 e. The van der Waals surface area contributed by atoms with Gasteiger partial charge in [-0.25, -0.2) is 5.26 Å². The van der Waals surface area contributed by atoms with Gasteiger partial charge < -0.3 is 9.59 Å². The number of rotatable bonds is 0. The van der Waals surface area contributed by atoms with Crippen LogP contribution in [0.25, 0.3) is 0 Å². The van der Waals surface area contributed by atoms with Crippen molar-refractivity contribution in [3.8, 4) is 6.07 Å². The van der Waals surface area contributed by atoms with Crippen molar-refractivity contribution in [3.63, 3.8) is 0 Å². The maximum absolute atomic E-state index is 11.4. The summed E-state index contributed by atoms with van der Waals surface area (Å²) < 4.78 is 0. The number of ketones is 2. The summed E-state index contributed by atoms with van der Waals surface area (Å²) in [5, 5.41) is 8.55. The van der Waals surface area contributed by atoms with Gasteiger partial charge in [0.15, 0.2) is 0 Å². The van der Waals surface area contributed by atoms with E-state index in [9.17, 15) is 9.59 Å². The molecule has 0 aliphatic heterocycles. The second kappa shape index (κ2) is 3.97. The Labute approximate surface area is 103 Å². The van der Waals surface area contributed by atoms with Crippen molar-refractivity contribution in [1.29, 1.82) is 5.26 Å². The van der Waals surface area contributed by atoms with Gasteiger partial charge in [-0.2, -0.15) is 0 Å². The first-order chi connectivity index (χ1) is 6.25. The minimum absolute atomic E-state index is 0. The zero-order valence-corrected chi connectivity index (χ0v) is 9.57. The fourth-order valence-electron chi connectivity index (χ4n) is 1.35. The third kappa shape index (κ3) is 1.38. The van der Waals surface area contributed by atoms with E-state index in [0.29, 0.717) is 11.1 Å². The van der Waals surface area contributed by atoms with Crippen molar-refractivity contribution >= 4 is 11.6 Å². The maximum atomic E-state index is 11.4. The Hall–Kier alpha value is -1.08. The number of hydrogen-bond donors (Lipinski definition) is 0. The Morgan fingerprint density at radius 3 is 1.86 bits per heavy atom. The summed E-state index contributed by atoms with van der Waals surface area (Å²) in [5.41, 5.74) is 0.674. The first kappa shape index (κ1) is 11.0. The van der Waals surface area contributed by atoms with Crippen LogP contribution in [0.4, 0.5) is 0 Å². The van der Waals surface area contributed by atoms with Gasteiger partial charge in [0, 0.05) is 12.0 Å². The number of Topliss-reactive ketones (excluding diaryl/α,β-unsaturated/α-hetero) is 2. The SMILES string of the molecule is N#C[C-]1C(=O)c2ccccc2C1=O.[Na+]. The van der Waals surface area contributed by atoms with Crippen LogP contribution in [0.5, 0.6) is 0 Å². The first-order valence-electron chi connectivity index (χ1n) is 3.71. The molecule has 1 aromatic carbocycles. The van der Waals surface area contributed by atoms with E-state index in [4.69, 9.17) is 5.26 Å². The fourth-order valence-corrected chi connectivity index (χ4v) is 1.35. The smallest absolute Gasteiger partial charge is 0.318 e. The predicted octanol–water partition coefficient (Wildman–Crippen LogP) is -1.83. The molecule has 0 N–H and O–H groups in total. The molecule has 1 aromatic rings. The number of carbonyl (C=O) groups excluding carboxylic acids is 2. The maximum Gasteiger partial charge on any atom is 1.00 e. The van der Waals surface area contributed by atoms with Crippen molar-refractivity contribution in [3.05, 3.63) is 41.3 Å². The molecule has 1 aliphatic carbocycles. The van der Waals surface area contributed by atoms with E-state index in [1.54, 1.807) is 30.3 Å². The molecule has 0 spiro atoms. The predicted molar refractivity (Wildman–Crippen MR) is 44.0 cm³/mol. The summed E-state index contributed by atoms with van der Waals surface area (Å²) in [4.78, 5) is 22.7. The molecular formula is C10H4NNaO2. The first-order valence-corrected chi connectivity index (χ1v) is 3.71. The van der Waals surface area contributed by atoms with E-state index in [1.165, 1.54) is 0 Å². The number of hydrogen-bond acceptors (Lipinski definition) is 3.